The molecule has 0 aliphatic rings. The summed E-state index contributed by atoms with van der Waals surface area (Å²) in [6, 6.07) is 11.3. The van der Waals surface area contributed by atoms with Crippen molar-refractivity contribution in [2.75, 3.05) is 20.1 Å². The van der Waals surface area contributed by atoms with Gasteiger partial charge in [-0.15, -0.1) is 0 Å². The maximum atomic E-state index is 12.0. The van der Waals surface area contributed by atoms with E-state index in [1.54, 1.807) is 12.3 Å². The van der Waals surface area contributed by atoms with Gasteiger partial charge in [0.05, 0.1) is 12.8 Å². The van der Waals surface area contributed by atoms with Gasteiger partial charge in [-0.1, -0.05) is 29.8 Å². The minimum absolute atomic E-state index is 0.0376. The molecule has 0 radical (unpaired) electrons. The molecule has 0 saturated carbocycles. The van der Waals surface area contributed by atoms with Gasteiger partial charge >= 0.3 is 0 Å². The highest BCUT2D eigenvalue weighted by Crippen LogP contribution is 2.16. The van der Waals surface area contributed by atoms with Crippen LogP contribution in [0.15, 0.2) is 52.1 Å². The molecule has 0 aliphatic heterocycles. The average Bonchev–Trinajstić information content (AvgIpc) is 3.12. The van der Waals surface area contributed by atoms with Crippen LogP contribution in [-0.4, -0.2) is 36.9 Å². The molecule has 0 unspecified atom stereocenters. The molecule has 0 fully saturated rings. The summed E-state index contributed by atoms with van der Waals surface area (Å²) in [6.45, 7) is 3.68. The number of furan rings is 1. The number of hydrogen-bond acceptors (Lipinski definition) is 3. The van der Waals surface area contributed by atoms with E-state index in [1.807, 2.05) is 49.2 Å². The van der Waals surface area contributed by atoms with Crippen molar-refractivity contribution < 1.29 is 9.21 Å². The van der Waals surface area contributed by atoms with Crippen LogP contribution in [0.5, 0.6) is 0 Å². The monoisotopic (exact) mass is 362 g/mol. The Kier molecular flexibility index (Phi) is 7.35. The van der Waals surface area contributed by atoms with E-state index in [2.05, 4.69) is 15.6 Å². The Bertz CT molecular complexity index is 701. The summed E-state index contributed by atoms with van der Waals surface area (Å²) in [6.07, 6.45) is 1.58. The third-order valence-electron chi connectivity index (χ3n) is 3.47. The first-order valence-electron chi connectivity index (χ1n) is 8.12. The Labute approximate surface area is 152 Å². The van der Waals surface area contributed by atoms with E-state index in [-0.39, 0.29) is 12.5 Å². The molecule has 1 amide bonds. The maximum absolute atomic E-state index is 12.0. The first-order valence-corrected chi connectivity index (χ1v) is 8.50. The Morgan fingerprint density at radius 2 is 2.04 bits per heavy atom. The lowest BCUT2D eigenvalue weighted by Gasteiger charge is -2.22. The molecule has 1 heterocycles. The number of nitrogens with zero attached hydrogens (tertiary/aromatic N) is 2. The lowest BCUT2D eigenvalue weighted by atomic mass is 10.2. The minimum atomic E-state index is -0.169. The second-order valence-electron chi connectivity index (χ2n) is 5.47. The SMILES string of the molecule is CCNC(=NCC(=O)NCc1ccco1)N(C)Cc1ccccc1Cl. The quantitative estimate of drug-likeness (QED) is 0.587. The van der Waals surface area contributed by atoms with Crippen molar-refractivity contribution in [2.45, 2.75) is 20.0 Å². The largest absolute Gasteiger partial charge is 0.467 e. The van der Waals surface area contributed by atoms with E-state index in [0.717, 1.165) is 5.56 Å². The van der Waals surface area contributed by atoms with Gasteiger partial charge in [0.15, 0.2) is 5.96 Å². The van der Waals surface area contributed by atoms with Crippen LogP contribution in [0.3, 0.4) is 0 Å². The van der Waals surface area contributed by atoms with Gasteiger partial charge in [-0.2, -0.15) is 0 Å². The van der Waals surface area contributed by atoms with Crippen molar-refractivity contribution in [2.24, 2.45) is 4.99 Å². The lowest BCUT2D eigenvalue weighted by molar-refractivity contribution is -0.119. The second kappa shape index (κ2) is 9.74. The maximum Gasteiger partial charge on any atom is 0.242 e. The molecule has 0 bridgehead atoms. The van der Waals surface area contributed by atoms with Crippen molar-refractivity contribution in [1.29, 1.82) is 0 Å². The summed E-state index contributed by atoms with van der Waals surface area (Å²) in [5.41, 5.74) is 1.000. The number of aliphatic imine (C=N–C) groups is 1. The molecule has 0 saturated heterocycles. The highest BCUT2D eigenvalue weighted by molar-refractivity contribution is 6.31. The summed E-state index contributed by atoms with van der Waals surface area (Å²) in [5.74, 6) is 1.19. The number of rotatable bonds is 7. The van der Waals surface area contributed by atoms with Crippen LogP contribution in [0, 0.1) is 0 Å². The first kappa shape index (κ1) is 18.9. The van der Waals surface area contributed by atoms with Crippen LogP contribution in [0.2, 0.25) is 5.02 Å². The Morgan fingerprint density at radius 3 is 2.72 bits per heavy atom. The molecule has 2 N–H and O–H groups in total. The fraction of sp³-hybridized carbons (Fsp3) is 0.333. The molecular weight excluding hydrogens is 340 g/mol. The molecule has 6 nitrogen and oxygen atoms in total. The van der Waals surface area contributed by atoms with Crippen molar-refractivity contribution in [3.05, 3.63) is 59.0 Å². The fourth-order valence-electron chi connectivity index (χ4n) is 2.23. The number of carbonyl (C=O) groups excluding carboxylic acids is 1. The zero-order valence-electron chi connectivity index (χ0n) is 14.5. The van der Waals surface area contributed by atoms with Crippen molar-refractivity contribution >= 4 is 23.5 Å². The number of hydrogen-bond donors (Lipinski definition) is 2. The molecule has 0 atom stereocenters. The third kappa shape index (κ3) is 6.15. The normalized spacial score (nSPS) is 11.2. The molecule has 1 aromatic carbocycles. The minimum Gasteiger partial charge on any atom is -0.467 e. The summed E-state index contributed by atoms with van der Waals surface area (Å²) >= 11 is 6.21. The predicted octanol–water partition coefficient (Wildman–Crippen LogP) is 2.65. The average molecular weight is 363 g/mol. The number of guanidine groups is 1. The van der Waals surface area contributed by atoms with Crippen LogP contribution >= 0.6 is 11.6 Å². The summed E-state index contributed by atoms with van der Waals surface area (Å²) in [4.78, 5) is 18.3. The van der Waals surface area contributed by atoms with Gasteiger partial charge in [0.2, 0.25) is 5.91 Å². The standard InChI is InChI=1S/C18H23ClN4O2/c1-3-20-18(23(2)13-14-7-4-5-9-16(14)19)22-12-17(24)21-11-15-8-6-10-25-15/h4-10H,3,11-13H2,1-2H3,(H,20,22)(H,21,24). The highest BCUT2D eigenvalue weighted by atomic mass is 35.5. The van der Waals surface area contributed by atoms with Gasteiger partial charge < -0.3 is 20.0 Å². The second-order valence-corrected chi connectivity index (χ2v) is 5.88. The first-order chi connectivity index (χ1) is 12.1. The van der Waals surface area contributed by atoms with E-state index < -0.39 is 0 Å². The van der Waals surface area contributed by atoms with Crippen molar-refractivity contribution in [3.63, 3.8) is 0 Å². The molecule has 0 aliphatic carbocycles. The van der Waals surface area contributed by atoms with Gasteiger partial charge in [0, 0.05) is 25.2 Å². The van der Waals surface area contributed by atoms with Crippen LogP contribution in [-0.2, 0) is 17.9 Å². The summed E-state index contributed by atoms with van der Waals surface area (Å²) in [5, 5.41) is 6.66. The zero-order valence-corrected chi connectivity index (χ0v) is 15.2. The Morgan fingerprint density at radius 1 is 1.24 bits per heavy atom. The van der Waals surface area contributed by atoms with E-state index in [1.165, 1.54) is 0 Å². The molecule has 0 spiro atoms. The van der Waals surface area contributed by atoms with Crippen LogP contribution < -0.4 is 10.6 Å². The highest BCUT2D eigenvalue weighted by Gasteiger charge is 2.10. The Balaban J connectivity index is 1.92. The van der Waals surface area contributed by atoms with Gasteiger partial charge in [-0.05, 0) is 30.7 Å². The molecule has 134 valence electrons. The van der Waals surface area contributed by atoms with E-state index in [0.29, 0.717) is 36.4 Å². The molecule has 1 aromatic heterocycles. The van der Waals surface area contributed by atoms with Crippen molar-refractivity contribution in [1.82, 2.24) is 15.5 Å². The molecule has 2 aromatic rings. The number of carbonyl (C=O) groups is 1. The topological polar surface area (TPSA) is 69.9 Å². The fourth-order valence-corrected chi connectivity index (χ4v) is 2.42. The van der Waals surface area contributed by atoms with Crippen LogP contribution in [0.25, 0.3) is 0 Å². The van der Waals surface area contributed by atoms with Gasteiger partial charge in [-0.3, -0.25) is 4.79 Å². The van der Waals surface area contributed by atoms with E-state index in [9.17, 15) is 4.79 Å². The van der Waals surface area contributed by atoms with Crippen LogP contribution in [0.4, 0.5) is 0 Å². The van der Waals surface area contributed by atoms with Crippen LogP contribution in [0.1, 0.15) is 18.2 Å². The predicted molar refractivity (Wildman–Crippen MR) is 99.5 cm³/mol. The summed E-state index contributed by atoms with van der Waals surface area (Å²) in [7, 11) is 1.91. The smallest absolute Gasteiger partial charge is 0.242 e. The third-order valence-corrected chi connectivity index (χ3v) is 3.84. The lowest BCUT2D eigenvalue weighted by Crippen LogP contribution is -2.39. The van der Waals surface area contributed by atoms with Gasteiger partial charge in [0.25, 0.3) is 0 Å². The van der Waals surface area contributed by atoms with E-state index in [4.69, 9.17) is 16.0 Å². The van der Waals surface area contributed by atoms with Gasteiger partial charge in [0.1, 0.15) is 12.3 Å². The molecule has 7 heteroatoms. The molecule has 25 heavy (non-hydrogen) atoms. The number of benzene rings is 1. The number of nitrogens with one attached hydrogen (secondary N) is 2. The molecule has 2 rings (SSSR count). The van der Waals surface area contributed by atoms with E-state index >= 15 is 0 Å². The molecular formula is C18H23ClN4O2. The number of halogens is 1. The van der Waals surface area contributed by atoms with Crippen molar-refractivity contribution in [3.8, 4) is 0 Å². The zero-order chi connectivity index (χ0) is 18.1. The summed E-state index contributed by atoms with van der Waals surface area (Å²) < 4.78 is 5.18. The number of amides is 1. The van der Waals surface area contributed by atoms with Gasteiger partial charge in [-0.25, -0.2) is 4.99 Å². The Hall–Kier alpha value is -2.47.